The second kappa shape index (κ2) is 6.67. The van der Waals surface area contributed by atoms with Crippen molar-refractivity contribution < 1.29 is 14.3 Å². The van der Waals surface area contributed by atoms with Crippen LogP contribution in [0.5, 0.6) is 11.5 Å². The third-order valence-electron chi connectivity index (χ3n) is 2.76. The first-order valence-corrected chi connectivity index (χ1v) is 6.33. The largest absolute Gasteiger partial charge is 0.496 e. The average molecular weight is 288 g/mol. The van der Waals surface area contributed by atoms with Gasteiger partial charge >= 0.3 is 0 Å². The molecule has 0 saturated carbocycles. The van der Waals surface area contributed by atoms with Crippen molar-refractivity contribution in [2.75, 3.05) is 13.7 Å². The van der Waals surface area contributed by atoms with E-state index in [4.69, 9.17) is 15.3 Å². The van der Waals surface area contributed by atoms with Gasteiger partial charge < -0.3 is 9.47 Å². The van der Waals surface area contributed by atoms with Crippen LogP contribution in [-0.4, -0.2) is 29.6 Å². The summed E-state index contributed by atoms with van der Waals surface area (Å²) in [5.41, 5.74) is 3.37. The Kier molecular flexibility index (Phi) is 4.68. The molecule has 0 aliphatic rings. The first-order valence-electron chi connectivity index (χ1n) is 6.33. The standard InChI is InChI=1S/C14H16N4O3/c1-3-21-9-4-5-10(13(6-9)20-2)11-7-16-8-12(17-11)14(19)18-15/h4-8H,3,15H2,1-2H3,(H,18,19). The summed E-state index contributed by atoms with van der Waals surface area (Å²) in [5, 5.41) is 0. The predicted molar refractivity (Wildman–Crippen MR) is 76.8 cm³/mol. The second-order valence-corrected chi connectivity index (χ2v) is 4.06. The molecule has 3 N–H and O–H groups in total. The fourth-order valence-electron chi connectivity index (χ4n) is 1.82. The van der Waals surface area contributed by atoms with Crippen LogP contribution in [0.1, 0.15) is 17.4 Å². The highest BCUT2D eigenvalue weighted by Gasteiger charge is 2.12. The maximum Gasteiger partial charge on any atom is 0.285 e. The number of aromatic nitrogens is 2. The van der Waals surface area contributed by atoms with Crippen LogP contribution in [0.3, 0.4) is 0 Å². The molecule has 0 aliphatic heterocycles. The fraction of sp³-hybridized carbons (Fsp3) is 0.214. The molecule has 0 spiro atoms. The van der Waals surface area contributed by atoms with Gasteiger partial charge in [-0.15, -0.1) is 0 Å². The minimum atomic E-state index is -0.505. The number of rotatable bonds is 5. The molecule has 110 valence electrons. The molecular weight excluding hydrogens is 272 g/mol. The Hall–Kier alpha value is -2.67. The van der Waals surface area contributed by atoms with E-state index in [1.54, 1.807) is 31.5 Å². The van der Waals surface area contributed by atoms with Gasteiger partial charge in [-0.05, 0) is 19.1 Å². The van der Waals surface area contributed by atoms with Crippen molar-refractivity contribution in [2.24, 2.45) is 5.84 Å². The molecular formula is C14H16N4O3. The van der Waals surface area contributed by atoms with Crippen molar-refractivity contribution in [1.82, 2.24) is 15.4 Å². The third kappa shape index (κ3) is 3.26. The van der Waals surface area contributed by atoms with Crippen LogP contribution in [-0.2, 0) is 0 Å². The number of methoxy groups -OCH3 is 1. The van der Waals surface area contributed by atoms with Crippen molar-refractivity contribution in [3.63, 3.8) is 0 Å². The lowest BCUT2D eigenvalue weighted by molar-refractivity contribution is 0.0948. The van der Waals surface area contributed by atoms with Gasteiger partial charge in [0.05, 0.1) is 31.8 Å². The van der Waals surface area contributed by atoms with E-state index >= 15 is 0 Å². The number of carbonyl (C=O) groups excluding carboxylic acids is 1. The van der Waals surface area contributed by atoms with Gasteiger partial charge in [-0.1, -0.05) is 0 Å². The summed E-state index contributed by atoms with van der Waals surface area (Å²) >= 11 is 0. The van der Waals surface area contributed by atoms with Crippen molar-refractivity contribution in [3.05, 3.63) is 36.3 Å². The number of amides is 1. The van der Waals surface area contributed by atoms with Gasteiger partial charge in [0.1, 0.15) is 17.2 Å². The molecule has 0 unspecified atom stereocenters. The first kappa shape index (κ1) is 14.7. The normalized spacial score (nSPS) is 10.0. The van der Waals surface area contributed by atoms with Gasteiger partial charge in [-0.2, -0.15) is 0 Å². The average Bonchev–Trinajstić information content (AvgIpc) is 2.54. The Balaban J connectivity index is 2.43. The Bertz CT molecular complexity index is 646. The number of nitrogens with one attached hydrogen (secondary N) is 1. The van der Waals surface area contributed by atoms with Crippen LogP contribution in [0.4, 0.5) is 0 Å². The Morgan fingerprint density at radius 2 is 2.19 bits per heavy atom. The summed E-state index contributed by atoms with van der Waals surface area (Å²) in [4.78, 5) is 19.7. The predicted octanol–water partition coefficient (Wildman–Crippen LogP) is 1.15. The zero-order valence-electron chi connectivity index (χ0n) is 11.8. The molecule has 0 aliphatic carbocycles. The monoisotopic (exact) mass is 288 g/mol. The molecule has 21 heavy (non-hydrogen) atoms. The number of carbonyl (C=O) groups is 1. The maximum atomic E-state index is 11.5. The summed E-state index contributed by atoms with van der Waals surface area (Å²) < 4.78 is 10.8. The second-order valence-electron chi connectivity index (χ2n) is 4.06. The molecule has 7 heteroatoms. The van der Waals surface area contributed by atoms with Crippen molar-refractivity contribution in [1.29, 1.82) is 0 Å². The van der Waals surface area contributed by atoms with Gasteiger partial charge in [0, 0.05) is 11.6 Å². The van der Waals surface area contributed by atoms with Gasteiger partial charge in [-0.3, -0.25) is 15.2 Å². The van der Waals surface area contributed by atoms with Crippen molar-refractivity contribution >= 4 is 5.91 Å². The highest BCUT2D eigenvalue weighted by Crippen LogP contribution is 2.32. The SMILES string of the molecule is CCOc1ccc(-c2cncc(C(=O)NN)n2)c(OC)c1. The molecule has 1 amide bonds. The van der Waals surface area contributed by atoms with Gasteiger partial charge in [0.2, 0.25) is 0 Å². The summed E-state index contributed by atoms with van der Waals surface area (Å²) in [6.07, 6.45) is 2.89. The molecule has 1 heterocycles. The highest BCUT2D eigenvalue weighted by atomic mass is 16.5. The van der Waals surface area contributed by atoms with Crippen LogP contribution >= 0.6 is 0 Å². The molecule has 1 aromatic carbocycles. The third-order valence-corrected chi connectivity index (χ3v) is 2.76. The van der Waals surface area contributed by atoms with E-state index in [0.717, 1.165) is 0 Å². The number of nitrogen functional groups attached to an aromatic ring is 1. The number of ether oxygens (including phenoxy) is 2. The molecule has 0 saturated heterocycles. The number of nitrogens with zero attached hydrogens (tertiary/aromatic N) is 2. The summed E-state index contributed by atoms with van der Waals surface area (Å²) in [6.45, 7) is 2.47. The van der Waals surface area contributed by atoms with Crippen LogP contribution < -0.4 is 20.7 Å². The topological polar surface area (TPSA) is 99.4 Å². The zero-order valence-corrected chi connectivity index (χ0v) is 11.8. The molecule has 2 aromatic rings. The lowest BCUT2D eigenvalue weighted by Crippen LogP contribution is -2.30. The molecule has 2 rings (SSSR count). The smallest absolute Gasteiger partial charge is 0.285 e. The number of benzene rings is 1. The van der Waals surface area contributed by atoms with Crippen LogP contribution in [0.15, 0.2) is 30.6 Å². The van der Waals surface area contributed by atoms with Crippen LogP contribution in [0.2, 0.25) is 0 Å². The van der Waals surface area contributed by atoms with E-state index in [1.165, 1.54) is 6.20 Å². The Labute approximate surface area is 122 Å². The maximum absolute atomic E-state index is 11.5. The molecule has 0 bridgehead atoms. The van der Waals surface area contributed by atoms with Gasteiger partial charge in [0.15, 0.2) is 0 Å². The highest BCUT2D eigenvalue weighted by molar-refractivity contribution is 5.92. The minimum absolute atomic E-state index is 0.130. The molecule has 1 aromatic heterocycles. The summed E-state index contributed by atoms with van der Waals surface area (Å²) in [6, 6.07) is 5.37. The minimum Gasteiger partial charge on any atom is -0.496 e. The van der Waals surface area contributed by atoms with Crippen molar-refractivity contribution in [3.8, 4) is 22.8 Å². The number of hydrazine groups is 1. The number of hydrogen-bond acceptors (Lipinski definition) is 6. The fourth-order valence-corrected chi connectivity index (χ4v) is 1.82. The van der Waals surface area contributed by atoms with E-state index in [2.05, 4.69) is 9.97 Å². The van der Waals surface area contributed by atoms with Crippen molar-refractivity contribution in [2.45, 2.75) is 6.92 Å². The molecule has 0 radical (unpaired) electrons. The molecule has 7 nitrogen and oxygen atoms in total. The van der Waals surface area contributed by atoms with Gasteiger partial charge in [0.25, 0.3) is 5.91 Å². The lowest BCUT2D eigenvalue weighted by Gasteiger charge is -2.11. The summed E-state index contributed by atoms with van der Waals surface area (Å²) in [5.74, 6) is 5.87. The van der Waals surface area contributed by atoms with E-state index in [1.807, 2.05) is 12.3 Å². The number of hydrogen-bond donors (Lipinski definition) is 2. The molecule has 0 atom stereocenters. The van der Waals surface area contributed by atoms with Crippen LogP contribution in [0.25, 0.3) is 11.3 Å². The number of nitrogens with two attached hydrogens (primary N) is 1. The van der Waals surface area contributed by atoms with E-state index in [-0.39, 0.29) is 5.69 Å². The van der Waals surface area contributed by atoms with E-state index in [0.29, 0.717) is 29.4 Å². The summed E-state index contributed by atoms with van der Waals surface area (Å²) in [7, 11) is 1.55. The molecule has 0 fully saturated rings. The Morgan fingerprint density at radius 1 is 1.38 bits per heavy atom. The lowest BCUT2D eigenvalue weighted by atomic mass is 10.1. The Morgan fingerprint density at radius 3 is 2.86 bits per heavy atom. The first-order chi connectivity index (χ1) is 10.2. The quantitative estimate of drug-likeness (QED) is 0.486. The van der Waals surface area contributed by atoms with Gasteiger partial charge in [-0.25, -0.2) is 10.8 Å². The van der Waals surface area contributed by atoms with Crippen LogP contribution in [0, 0.1) is 0 Å². The van der Waals surface area contributed by atoms with E-state index in [9.17, 15) is 4.79 Å². The zero-order chi connectivity index (χ0) is 15.2. The van der Waals surface area contributed by atoms with E-state index < -0.39 is 5.91 Å².